The summed E-state index contributed by atoms with van der Waals surface area (Å²) in [5.41, 5.74) is 0.0324. The van der Waals surface area contributed by atoms with Crippen molar-refractivity contribution in [2.45, 2.75) is 13.0 Å². The molecule has 0 spiro atoms. The second-order valence-electron chi connectivity index (χ2n) is 2.53. The lowest BCUT2D eigenvalue weighted by Crippen LogP contribution is -2.09. The highest BCUT2D eigenvalue weighted by molar-refractivity contribution is 5.81. The lowest BCUT2D eigenvalue weighted by molar-refractivity contribution is -0.125. The summed E-state index contributed by atoms with van der Waals surface area (Å²) in [4.78, 5) is 10.7. The normalized spacial score (nSPS) is 12.6. The van der Waals surface area contributed by atoms with E-state index in [1.54, 1.807) is 6.07 Å². The maximum absolute atomic E-state index is 12.9. The molecule has 0 amide bonds. The number of carbonyl (C=O) groups excluding carboxylic acids is 1. The van der Waals surface area contributed by atoms with Crippen LogP contribution in [0.2, 0.25) is 0 Å². The van der Waals surface area contributed by atoms with Gasteiger partial charge in [0.25, 0.3) is 0 Å². The molecule has 0 fully saturated rings. The van der Waals surface area contributed by atoms with Gasteiger partial charge in [0.05, 0.1) is 0 Å². The number of hydrogen-bond acceptors (Lipinski definition) is 2. The van der Waals surface area contributed by atoms with Gasteiger partial charge < -0.3 is 5.11 Å². The molecule has 2 nitrogen and oxygen atoms in total. The molecule has 0 aliphatic heterocycles. The van der Waals surface area contributed by atoms with E-state index in [9.17, 15) is 14.3 Å². The summed E-state index contributed by atoms with van der Waals surface area (Å²) in [5.74, 6) is -1.01. The minimum atomic E-state index is -1.34. The summed E-state index contributed by atoms with van der Waals surface area (Å²) in [6, 6.07) is 5.68. The summed E-state index contributed by atoms with van der Waals surface area (Å²) in [6.07, 6.45) is -1.34. The highest BCUT2D eigenvalue weighted by atomic mass is 19.1. The molecular formula is C9H9FO2. The van der Waals surface area contributed by atoms with Crippen LogP contribution < -0.4 is 0 Å². The Balaban J connectivity index is 3.02. The fourth-order valence-corrected chi connectivity index (χ4v) is 0.916. The maximum Gasteiger partial charge on any atom is 0.162 e. The van der Waals surface area contributed by atoms with Crippen molar-refractivity contribution in [3.05, 3.63) is 35.6 Å². The summed E-state index contributed by atoms with van der Waals surface area (Å²) in [6.45, 7) is 1.22. The predicted octanol–water partition coefficient (Wildman–Crippen LogP) is 1.45. The molecule has 0 bridgehead atoms. The molecular weight excluding hydrogens is 159 g/mol. The number of aliphatic hydroxyl groups excluding tert-OH is 1. The number of rotatable bonds is 2. The summed E-state index contributed by atoms with van der Waals surface area (Å²) in [5, 5.41) is 9.19. The van der Waals surface area contributed by atoms with Crippen molar-refractivity contribution in [3.8, 4) is 0 Å². The number of Topliss-reactive ketones (excluding diaryl/α,β-unsaturated/α-hetero) is 1. The molecule has 0 radical (unpaired) electrons. The van der Waals surface area contributed by atoms with Gasteiger partial charge in [-0.05, 0) is 13.0 Å². The van der Waals surface area contributed by atoms with Gasteiger partial charge in [0.1, 0.15) is 11.9 Å². The molecule has 0 saturated heterocycles. The average molecular weight is 168 g/mol. The van der Waals surface area contributed by atoms with Gasteiger partial charge in [0.2, 0.25) is 0 Å². The highest BCUT2D eigenvalue weighted by Gasteiger charge is 2.15. The van der Waals surface area contributed by atoms with E-state index in [0.29, 0.717) is 0 Å². The molecule has 3 heteroatoms. The van der Waals surface area contributed by atoms with Gasteiger partial charge >= 0.3 is 0 Å². The zero-order chi connectivity index (χ0) is 9.14. The fourth-order valence-electron chi connectivity index (χ4n) is 0.916. The van der Waals surface area contributed by atoms with Crippen LogP contribution in [0.1, 0.15) is 18.6 Å². The number of carbonyl (C=O) groups is 1. The first-order valence-corrected chi connectivity index (χ1v) is 3.56. The van der Waals surface area contributed by atoms with Crippen molar-refractivity contribution in [1.82, 2.24) is 0 Å². The van der Waals surface area contributed by atoms with Crippen molar-refractivity contribution in [2.24, 2.45) is 0 Å². The van der Waals surface area contributed by atoms with Crippen LogP contribution in [0.5, 0.6) is 0 Å². The number of hydrogen-bond donors (Lipinski definition) is 1. The molecule has 0 saturated carbocycles. The Morgan fingerprint density at radius 3 is 2.58 bits per heavy atom. The Morgan fingerprint density at radius 1 is 1.50 bits per heavy atom. The van der Waals surface area contributed by atoms with E-state index in [2.05, 4.69) is 0 Å². The van der Waals surface area contributed by atoms with Crippen LogP contribution in [0.25, 0.3) is 0 Å². The highest BCUT2D eigenvalue weighted by Crippen LogP contribution is 2.16. The molecule has 64 valence electrons. The van der Waals surface area contributed by atoms with Gasteiger partial charge in [-0.2, -0.15) is 0 Å². The Bertz CT molecular complexity index is 296. The Kier molecular flexibility index (Phi) is 2.55. The van der Waals surface area contributed by atoms with Gasteiger partial charge in [-0.3, -0.25) is 4.79 Å². The summed E-state index contributed by atoms with van der Waals surface area (Å²) in [7, 11) is 0. The molecule has 1 rings (SSSR count). The number of halogens is 1. The minimum Gasteiger partial charge on any atom is -0.380 e. The topological polar surface area (TPSA) is 37.3 Å². The average Bonchev–Trinajstić information content (AvgIpc) is 2.04. The first kappa shape index (κ1) is 8.87. The molecule has 12 heavy (non-hydrogen) atoms. The maximum atomic E-state index is 12.9. The van der Waals surface area contributed by atoms with Crippen LogP contribution in [0.4, 0.5) is 4.39 Å². The number of aliphatic hydroxyl groups is 1. The number of ketones is 1. The third-order valence-corrected chi connectivity index (χ3v) is 1.58. The SMILES string of the molecule is CC(=O)[C@@H](O)c1ccccc1F. The second-order valence-corrected chi connectivity index (χ2v) is 2.53. The van der Waals surface area contributed by atoms with Gasteiger partial charge in [-0.15, -0.1) is 0 Å². The molecule has 0 aliphatic carbocycles. The van der Waals surface area contributed by atoms with Crippen molar-refractivity contribution in [3.63, 3.8) is 0 Å². The van der Waals surface area contributed by atoms with Crippen molar-refractivity contribution in [2.75, 3.05) is 0 Å². The molecule has 0 unspecified atom stereocenters. The van der Waals surface area contributed by atoms with Crippen LogP contribution in [-0.4, -0.2) is 10.9 Å². The van der Waals surface area contributed by atoms with Crippen molar-refractivity contribution >= 4 is 5.78 Å². The van der Waals surface area contributed by atoms with Crippen LogP contribution in [0.15, 0.2) is 24.3 Å². The second kappa shape index (κ2) is 3.45. The van der Waals surface area contributed by atoms with Gasteiger partial charge in [0, 0.05) is 5.56 Å². The van der Waals surface area contributed by atoms with E-state index in [-0.39, 0.29) is 5.56 Å². The zero-order valence-electron chi connectivity index (χ0n) is 6.62. The van der Waals surface area contributed by atoms with E-state index < -0.39 is 17.7 Å². The third-order valence-electron chi connectivity index (χ3n) is 1.58. The van der Waals surface area contributed by atoms with E-state index in [0.717, 1.165) is 0 Å². The van der Waals surface area contributed by atoms with Crippen molar-refractivity contribution < 1.29 is 14.3 Å². The van der Waals surface area contributed by atoms with Gasteiger partial charge in [-0.25, -0.2) is 4.39 Å². The molecule has 1 aromatic carbocycles. The van der Waals surface area contributed by atoms with E-state index in [4.69, 9.17) is 0 Å². The quantitative estimate of drug-likeness (QED) is 0.725. The first-order chi connectivity index (χ1) is 5.63. The lowest BCUT2D eigenvalue weighted by atomic mass is 10.1. The molecule has 1 atom stereocenters. The summed E-state index contributed by atoms with van der Waals surface area (Å²) < 4.78 is 12.9. The van der Waals surface area contributed by atoms with E-state index >= 15 is 0 Å². The third kappa shape index (κ3) is 1.68. The first-order valence-electron chi connectivity index (χ1n) is 3.56. The van der Waals surface area contributed by atoms with E-state index in [1.165, 1.54) is 25.1 Å². The molecule has 1 N–H and O–H groups in total. The van der Waals surface area contributed by atoms with Crippen LogP contribution in [0, 0.1) is 5.82 Å². The van der Waals surface area contributed by atoms with E-state index in [1.807, 2.05) is 0 Å². The monoisotopic (exact) mass is 168 g/mol. The Morgan fingerprint density at radius 2 is 2.08 bits per heavy atom. The predicted molar refractivity (Wildman–Crippen MR) is 42.0 cm³/mol. The zero-order valence-corrected chi connectivity index (χ0v) is 6.62. The van der Waals surface area contributed by atoms with Crippen molar-refractivity contribution in [1.29, 1.82) is 0 Å². The van der Waals surface area contributed by atoms with Crippen LogP contribution in [0.3, 0.4) is 0 Å². The molecule has 0 aromatic heterocycles. The van der Waals surface area contributed by atoms with Crippen LogP contribution >= 0.6 is 0 Å². The van der Waals surface area contributed by atoms with Gasteiger partial charge in [0.15, 0.2) is 5.78 Å². The molecule has 0 heterocycles. The molecule has 0 aliphatic rings. The van der Waals surface area contributed by atoms with Crippen LogP contribution in [-0.2, 0) is 4.79 Å². The standard InChI is InChI=1S/C9H9FO2/c1-6(11)9(12)7-4-2-3-5-8(7)10/h2-5,9,12H,1H3/t9-/m1/s1. The Labute approximate surface area is 69.6 Å². The minimum absolute atomic E-state index is 0.0324. The smallest absolute Gasteiger partial charge is 0.162 e. The van der Waals surface area contributed by atoms with Gasteiger partial charge in [-0.1, -0.05) is 18.2 Å². The number of benzene rings is 1. The Hall–Kier alpha value is -1.22. The largest absolute Gasteiger partial charge is 0.380 e. The lowest BCUT2D eigenvalue weighted by Gasteiger charge is -2.06. The molecule has 1 aromatic rings. The summed E-state index contributed by atoms with van der Waals surface area (Å²) >= 11 is 0. The fraction of sp³-hybridized carbons (Fsp3) is 0.222.